The van der Waals surface area contributed by atoms with Crippen LogP contribution in [-0.2, 0) is 21.4 Å². The molecule has 0 aliphatic carbocycles. The monoisotopic (exact) mass is 325 g/mol. The Morgan fingerprint density at radius 3 is 2.50 bits per heavy atom. The SMILES string of the molecule is CC(CC#N)N(C)S(=O)(=O)N[C@H](Cc1ccccc1)C(=O)O. The van der Waals surface area contributed by atoms with E-state index in [1.54, 1.807) is 37.3 Å². The first-order chi connectivity index (χ1) is 10.3. The highest BCUT2D eigenvalue weighted by molar-refractivity contribution is 7.87. The van der Waals surface area contributed by atoms with Gasteiger partial charge in [0.2, 0.25) is 0 Å². The Morgan fingerprint density at radius 1 is 1.41 bits per heavy atom. The lowest BCUT2D eigenvalue weighted by molar-refractivity contribution is -0.138. The topological polar surface area (TPSA) is 111 Å². The van der Waals surface area contributed by atoms with Gasteiger partial charge in [-0.3, -0.25) is 4.79 Å². The summed E-state index contributed by atoms with van der Waals surface area (Å²) in [7, 11) is -2.68. The predicted molar refractivity (Wildman–Crippen MR) is 81.1 cm³/mol. The van der Waals surface area contributed by atoms with Gasteiger partial charge in [-0.25, -0.2) is 0 Å². The number of rotatable bonds is 8. The number of aliphatic carboxylic acids is 1. The second kappa shape index (κ2) is 7.89. The molecule has 0 saturated heterocycles. The molecule has 0 saturated carbocycles. The molecule has 0 bridgehead atoms. The Bertz CT molecular complexity index is 640. The predicted octanol–water partition coefficient (Wildman–Crippen LogP) is 0.751. The molecule has 8 heteroatoms. The molecule has 1 rings (SSSR count). The van der Waals surface area contributed by atoms with Gasteiger partial charge in [-0.2, -0.15) is 22.7 Å². The van der Waals surface area contributed by atoms with Crippen molar-refractivity contribution in [3.05, 3.63) is 35.9 Å². The Balaban J connectivity index is 2.86. The zero-order valence-electron chi connectivity index (χ0n) is 12.4. The molecule has 22 heavy (non-hydrogen) atoms. The van der Waals surface area contributed by atoms with E-state index in [2.05, 4.69) is 4.72 Å². The quantitative estimate of drug-likeness (QED) is 0.733. The van der Waals surface area contributed by atoms with E-state index in [1.165, 1.54) is 7.05 Å². The van der Waals surface area contributed by atoms with Crippen molar-refractivity contribution in [1.82, 2.24) is 9.03 Å². The van der Waals surface area contributed by atoms with Crippen molar-refractivity contribution in [2.45, 2.75) is 31.8 Å². The molecule has 7 nitrogen and oxygen atoms in total. The van der Waals surface area contributed by atoms with Crippen molar-refractivity contribution in [2.24, 2.45) is 0 Å². The van der Waals surface area contributed by atoms with Crippen LogP contribution in [-0.4, -0.2) is 42.9 Å². The number of benzene rings is 1. The Hall–Kier alpha value is -1.95. The van der Waals surface area contributed by atoms with Crippen molar-refractivity contribution in [3.63, 3.8) is 0 Å². The molecule has 120 valence electrons. The molecule has 0 aliphatic heterocycles. The lowest BCUT2D eigenvalue weighted by Gasteiger charge is -2.24. The van der Waals surface area contributed by atoms with Gasteiger partial charge in [0.05, 0.1) is 12.5 Å². The van der Waals surface area contributed by atoms with Gasteiger partial charge < -0.3 is 5.11 Å². The van der Waals surface area contributed by atoms with Crippen LogP contribution < -0.4 is 4.72 Å². The molecule has 0 fully saturated rings. The first-order valence-electron chi connectivity index (χ1n) is 6.67. The average Bonchev–Trinajstić information content (AvgIpc) is 2.46. The second-order valence-corrected chi connectivity index (χ2v) is 6.69. The minimum Gasteiger partial charge on any atom is -0.480 e. The van der Waals surface area contributed by atoms with Crippen molar-refractivity contribution < 1.29 is 18.3 Å². The number of hydrogen-bond donors (Lipinski definition) is 2. The van der Waals surface area contributed by atoms with Crippen molar-refractivity contribution >= 4 is 16.2 Å². The molecule has 1 unspecified atom stereocenters. The van der Waals surface area contributed by atoms with Crippen LogP contribution >= 0.6 is 0 Å². The molecular formula is C14H19N3O4S. The van der Waals surface area contributed by atoms with Crippen molar-refractivity contribution in [3.8, 4) is 6.07 Å². The van der Waals surface area contributed by atoms with E-state index in [9.17, 15) is 18.3 Å². The highest BCUT2D eigenvalue weighted by atomic mass is 32.2. The molecule has 2 N–H and O–H groups in total. The third-order valence-corrected chi connectivity index (χ3v) is 4.96. The van der Waals surface area contributed by atoms with Gasteiger partial charge in [-0.1, -0.05) is 30.3 Å². The van der Waals surface area contributed by atoms with Gasteiger partial charge in [0.25, 0.3) is 10.2 Å². The summed E-state index contributed by atoms with van der Waals surface area (Å²) in [5.74, 6) is -1.26. The Kier molecular flexibility index (Phi) is 6.49. The van der Waals surface area contributed by atoms with Gasteiger partial charge in [-0.15, -0.1) is 0 Å². The molecular weight excluding hydrogens is 306 g/mol. The summed E-state index contributed by atoms with van der Waals surface area (Å²) in [5, 5.41) is 17.9. The van der Waals surface area contributed by atoms with Gasteiger partial charge in [-0.05, 0) is 18.9 Å². The highest BCUT2D eigenvalue weighted by Gasteiger charge is 2.29. The zero-order chi connectivity index (χ0) is 16.8. The van der Waals surface area contributed by atoms with E-state index in [4.69, 9.17) is 5.26 Å². The average molecular weight is 325 g/mol. The number of carbonyl (C=O) groups is 1. The number of carboxylic acid groups (broad SMARTS) is 1. The first kappa shape index (κ1) is 18.1. The van der Waals surface area contributed by atoms with E-state index >= 15 is 0 Å². The molecule has 0 heterocycles. The van der Waals surface area contributed by atoms with Crippen molar-refractivity contribution in [1.29, 1.82) is 5.26 Å². The molecule has 1 aromatic rings. The summed E-state index contributed by atoms with van der Waals surface area (Å²) in [6.07, 6.45) is 0.0592. The normalized spacial score (nSPS) is 14.3. The number of hydrogen-bond acceptors (Lipinski definition) is 4. The number of nitrogens with one attached hydrogen (secondary N) is 1. The molecule has 2 atom stereocenters. The van der Waals surface area contributed by atoms with E-state index in [1.807, 2.05) is 6.07 Å². The Labute approximate surface area is 130 Å². The largest absolute Gasteiger partial charge is 0.480 e. The minimum absolute atomic E-state index is 0.0217. The third-order valence-electron chi connectivity index (χ3n) is 3.26. The summed E-state index contributed by atoms with van der Waals surface area (Å²) in [6, 6.07) is 8.82. The summed E-state index contributed by atoms with van der Waals surface area (Å²) in [5.41, 5.74) is 0.713. The van der Waals surface area contributed by atoms with Crippen LogP contribution in [0.4, 0.5) is 0 Å². The Morgan fingerprint density at radius 2 is 2.00 bits per heavy atom. The van der Waals surface area contributed by atoms with Gasteiger partial charge in [0.15, 0.2) is 0 Å². The number of nitrogens with zero attached hydrogens (tertiary/aromatic N) is 2. The summed E-state index contributed by atoms with van der Waals surface area (Å²) < 4.78 is 27.5. The fourth-order valence-electron chi connectivity index (χ4n) is 1.79. The summed E-state index contributed by atoms with van der Waals surface area (Å²) >= 11 is 0. The van der Waals surface area contributed by atoms with Crippen LogP contribution in [0.1, 0.15) is 18.9 Å². The highest BCUT2D eigenvalue weighted by Crippen LogP contribution is 2.09. The van der Waals surface area contributed by atoms with E-state index in [-0.39, 0.29) is 12.8 Å². The second-order valence-electron chi connectivity index (χ2n) is 4.93. The smallest absolute Gasteiger partial charge is 0.322 e. The lowest BCUT2D eigenvalue weighted by atomic mass is 10.1. The molecule has 0 spiro atoms. The van der Waals surface area contributed by atoms with Gasteiger partial charge in [0, 0.05) is 13.1 Å². The maximum atomic E-state index is 12.2. The lowest BCUT2D eigenvalue weighted by Crippen LogP contribution is -2.50. The van der Waals surface area contributed by atoms with Gasteiger partial charge >= 0.3 is 5.97 Å². The van der Waals surface area contributed by atoms with Crippen LogP contribution in [0.3, 0.4) is 0 Å². The molecule has 0 aliphatic rings. The standard InChI is InChI=1S/C14H19N3O4S/c1-11(8-9-15)17(2)22(20,21)16-13(14(18)19)10-12-6-4-3-5-7-12/h3-7,11,13,16H,8,10H2,1-2H3,(H,18,19)/t11?,13-/m1/s1. The summed E-state index contributed by atoms with van der Waals surface area (Å²) in [6.45, 7) is 1.58. The third kappa shape index (κ3) is 5.11. The fourth-order valence-corrected chi connectivity index (χ4v) is 3.05. The minimum atomic E-state index is -3.99. The van der Waals surface area contributed by atoms with E-state index in [0.717, 1.165) is 4.31 Å². The van der Waals surface area contributed by atoms with E-state index < -0.39 is 28.3 Å². The van der Waals surface area contributed by atoms with Crippen molar-refractivity contribution in [2.75, 3.05) is 7.05 Å². The van der Waals surface area contributed by atoms with Crippen LogP contribution in [0.5, 0.6) is 0 Å². The van der Waals surface area contributed by atoms with Gasteiger partial charge in [0.1, 0.15) is 6.04 Å². The van der Waals surface area contributed by atoms with Crippen LogP contribution in [0, 0.1) is 11.3 Å². The van der Waals surface area contributed by atoms with Crippen LogP contribution in [0.15, 0.2) is 30.3 Å². The molecule has 0 radical (unpaired) electrons. The molecule has 0 aromatic heterocycles. The number of carboxylic acids is 1. The molecule has 1 aromatic carbocycles. The fraction of sp³-hybridized carbons (Fsp3) is 0.429. The van der Waals surface area contributed by atoms with Crippen LogP contribution in [0.25, 0.3) is 0 Å². The summed E-state index contributed by atoms with van der Waals surface area (Å²) in [4.78, 5) is 11.3. The van der Waals surface area contributed by atoms with E-state index in [0.29, 0.717) is 5.56 Å². The maximum Gasteiger partial charge on any atom is 0.322 e. The number of nitriles is 1. The first-order valence-corrected chi connectivity index (χ1v) is 8.11. The maximum absolute atomic E-state index is 12.2. The van der Waals surface area contributed by atoms with Crippen LogP contribution in [0.2, 0.25) is 0 Å². The molecule has 0 amide bonds. The zero-order valence-corrected chi connectivity index (χ0v) is 13.2.